The number of nitrogens with two attached hydrogens (primary N) is 2. The van der Waals surface area contributed by atoms with Crippen LogP contribution in [0.25, 0.3) is 11.2 Å². The molecule has 0 amide bonds. The van der Waals surface area contributed by atoms with Crippen LogP contribution in [-0.4, -0.2) is 89.5 Å². The zero-order chi connectivity index (χ0) is 27.2. The molecule has 5 heterocycles. The number of hydrogen-bond donors (Lipinski definition) is 5. The molecule has 0 spiro atoms. The fourth-order valence-corrected chi connectivity index (χ4v) is 5.30. The highest BCUT2D eigenvalue weighted by Gasteiger charge is 2.42. The number of aliphatic hydroxyl groups is 2. The van der Waals surface area contributed by atoms with Gasteiger partial charge in [-0.25, -0.2) is 14.8 Å². The van der Waals surface area contributed by atoms with Crippen molar-refractivity contribution < 1.29 is 33.3 Å². The molecule has 20 heteroatoms. The van der Waals surface area contributed by atoms with E-state index in [4.69, 9.17) is 37.6 Å². The Kier molecular flexibility index (Phi) is 7.08. The van der Waals surface area contributed by atoms with Crippen molar-refractivity contribution in [3.63, 3.8) is 0 Å². The average molecular weight is 551 g/mol. The molecular weight excluding hydrogens is 528 g/mol. The third kappa shape index (κ3) is 5.21. The highest BCUT2D eigenvalue weighted by Crippen LogP contribution is 2.48. The van der Waals surface area contributed by atoms with Gasteiger partial charge >= 0.3 is 5.69 Å². The normalized spacial score (nSPS) is 29.1. The van der Waals surface area contributed by atoms with E-state index in [0.717, 1.165) is 10.9 Å². The van der Waals surface area contributed by atoms with Crippen LogP contribution in [-0.2, 0) is 23.1 Å². The number of nitrogens with zero attached hydrogens (tertiary/aromatic N) is 6. The van der Waals surface area contributed by atoms with Gasteiger partial charge in [0.05, 0.1) is 31.7 Å². The lowest BCUT2D eigenvalue weighted by molar-refractivity contribution is -0.0502. The van der Waals surface area contributed by atoms with E-state index in [1.807, 2.05) is 0 Å². The van der Waals surface area contributed by atoms with Gasteiger partial charge in [0.2, 0.25) is 19.5 Å². The molecule has 0 aliphatic carbocycles. The van der Waals surface area contributed by atoms with Gasteiger partial charge in [0.25, 0.3) is 13.0 Å². The monoisotopic (exact) mass is 551 g/mol. The molecule has 0 aromatic carbocycles. The fraction of sp³-hybridized carbons (Fsp3) is 0.556. The highest BCUT2D eigenvalue weighted by atomic mass is 31.2. The molecule has 0 saturated carbocycles. The van der Waals surface area contributed by atoms with Gasteiger partial charge in [0, 0.05) is 12.8 Å². The number of rotatable bonds is 8. The number of nitrogen functional groups attached to an aromatic ring is 2. The summed E-state index contributed by atoms with van der Waals surface area (Å²) in [6.07, 6.45) is -3.25. The van der Waals surface area contributed by atoms with Crippen LogP contribution in [0.5, 0.6) is 0 Å². The molecular formula is C18H23BN9O9P. The summed E-state index contributed by atoms with van der Waals surface area (Å²) in [5, 5.41) is 20.1. The SMILES string of the molecule is [B]P(=O)(OC[C@H]1O[C@@H](n2cnc(N)nc2=O)C[C@@H]1O)O[C@H]1C[C@H](n2cnc3c(=O)[nH]c(N)nc32)O[C@@H]1CO. The Hall–Kier alpha value is -3.19. The van der Waals surface area contributed by atoms with Gasteiger partial charge in [-0.2, -0.15) is 9.97 Å². The van der Waals surface area contributed by atoms with Crippen LogP contribution >= 0.6 is 7.47 Å². The van der Waals surface area contributed by atoms with Crippen LogP contribution in [0.3, 0.4) is 0 Å². The average Bonchev–Trinajstić information content (AvgIpc) is 3.54. The number of H-pyrrole nitrogens is 1. The molecule has 2 fully saturated rings. The molecule has 3 aromatic heterocycles. The maximum absolute atomic E-state index is 12.9. The minimum atomic E-state index is -4.25. The largest absolute Gasteiger partial charge is 0.394 e. The number of hydrogen-bond acceptors (Lipinski definition) is 15. The zero-order valence-electron chi connectivity index (χ0n) is 19.6. The second-order valence-corrected chi connectivity index (χ2v) is 10.2. The standard InChI is InChI=1S/C18H23BN9O9P/c19-38(33,34-4-10-7(30)1-11(36-10)28-6-23-16(20)26-18(28)32)37-8-2-12(35-9(8)3-29)27-5-22-13-14(27)24-17(21)25-15(13)31/h5-12,29-30H,1-4H2,(H2,20,26,32)(H3,21,24,25,31)/t7-,8-,9+,10+,11+,12+,38?/m0/s1. The van der Waals surface area contributed by atoms with Crippen molar-refractivity contribution in [1.82, 2.24) is 34.1 Å². The van der Waals surface area contributed by atoms with Crippen molar-refractivity contribution in [2.75, 3.05) is 24.7 Å². The van der Waals surface area contributed by atoms with Crippen LogP contribution in [0.4, 0.5) is 11.9 Å². The third-order valence-electron chi connectivity index (χ3n) is 6.08. The van der Waals surface area contributed by atoms with E-state index < -0.39 is 68.8 Å². The van der Waals surface area contributed by atoms with Crippen LogP contribution in [0.2, 0.25) is 0 Å². The summed E-state index contributed by atoms with van der Waals surface area (Å²) in [7, 11) is 1.52. The number of fused-ring (bicyclic) bond motifs is 1. The topological polar surface area (TPSA) is 258 Å². The Bertz CT molecular complexity index is 1500. The molecule has 5 rings (SSSR count). The summed E-state index contributed by atoms with van der Waals surface area (Å²) in [6, 6.07) is 0. The molecule has 2 aliphatic rings. The number of nitrogens with one attached hydrogen (secondary N) is 1. The van der Waals surface area contributed by atoms with Crippen molar-refractivity contribution in [1.29, 1.82) is 0 Å². The molecule has 7 atom stereocenters. The molecule has 2 saturated heterocycles. The minimum Gasteiger partial charge on any atom is -0.394 e. The number of aliphatic hydroxyl groups excluding tert-OH is 2. The van der Waals surface area contributed by atoms with Crippen molar-refractivity contribution in [2.45, 2.75) is 49.7 Å². The Morgan fingerprint density at radius 2 is 1.84 bits per heavy atom. The second-order valence-electron chi connectivity index (χ2n) is 8.64. The summed E-state index contributed by atoms with van der Waals surface area (Å²) in [5.74, 6) is -0.332. The number of aromatic nitrogens is 7. The van der Waals surface area contributed by atoms with Gasteiger partial charge < -0.3 is 40.2 Å². The smallest absolute Gasteiger partial charge is 0.354 e. The third-order valence-corrected chi connectivity index (χ3v) is 7.16. The van der Waals surface area contributed by atoms with Crippen molar-refractivity contribution in [3.05, 3.63) is 33.5 Å². The van der Waals surface area contributed by atoms with Crippen LogP contribution in [0.1, 0.15) is 25.3 Å². The minimum absolute atomic E-state index is 0.00190. The van der Waals surface area contributed by atoms with E-state index in [-0.39, 0.29) is 35.9 Å². The van der Waals surface area contributed by atoms with E-state index in [0.29, 0.717) is 0 Å². The predicted molar refractivity (Wildman–Crippen MR) is 128 cm³/mol. The van der Waals surface area contributed by atoms with E-state index in [9.17, 15) is 24.4 Å². The van der Waals surface area contributed by atoms with Gasteiger partial charge in [-0.15, -0.1) is 0 Å². The van der Waals surface area contributed by atoms with Crippen LogP contribution in [0, 0.1) is 0 Å². The maximum Gasteiger partial charge on any atom is 0.354 e. The molecule has 7 N–H and O–H groups in total. The van der Waals surface area contributed by atoms with Crippen LogP contribution in [0.15, 0.2) is 22.2 Å². The second kappa shape index (κ2) is 10.2. The Labute approximate surface area is 213 Å². The summed E-state index contributed by atoms with van der Waals surface area (Å²) < 4.78 is 37.5. The maximum atomic E-state index is 12.9. The molecule has 202 valence electrons. The molecule has 38 heavy (non-hydrogen) atoms. The summed E-state index contributed by atoms with van der Waals surface area (Å²) in [4.78, 5) is 41.7. The Morgan fingerprint density at radius 1 is 1.13 bits per heavy atom. The molecule has 2 aliphatic heterocycles. The Morgan fingerprint density at radius 3 is 2.58 bits per heavy atom. The molecule has 0 bridgehead atoms. The predicted octanol–water partition coefficient (Wildman–Crippen LogP) is -2.46. The first-order chi connectivity index (χ1) is 18.0. The van der Waals surface area contributed by atoms with E-state index >= 15 is 0 Å². The quantitative estimate of drug-likeness (QED) is 0.144. The van der Waals surface area contributed by atoms with Gasteiger partial charge in [0.15, 0.2) is 11.2 Å². The van der Waals surface area contributed by atoms with E-state index in [1.54, 1.807) is 0 Å². The number of ether oxygens (including phenoxy) is 2. The summed E-state index contributed by atoms with van der Waals surface area (Å²) >= 11 is 0. The first-order valence-electron chi connectivity index (χ1n) is 11.3. The molecule has 18 nitrogen and oxygen atoms in total. The van der Waals surface area contributed by atoms with E-state index in [2.05, 4.69) is 24.9 Å². The lowest BCUT2D eigenvalue weighted by Gasteiger charge is -2.24. The number of imidazole rings is 1. The first-order valence-corrected chi connectivity index (χ1v) is 12.9. The van der Waals surface area contributed by atoms with Gasteiger partial charge in [-0.05, 0) is 0 Å². The van der Waals surface area contributed by atoms with Crippen LogP contribution < -0.4 is 22.7 Å². The Balaban J connectivity index is 1.23. The number of aromatic amines is 1. The molecule has 2 radical (unpaired) electrons. The lowest BCUT2D eigenvalue weighted by Crippen LogP contribution is -2.30. The first kappa shape index (κ1) is 26.4. The fourth-order valence-electron chi connectivity index (χ4n) is 4.29. The van der Waals surface area contributed by atoms with Crippen molar-refractivity contribution in [3.8, 4) is 0 Å². The highest BCUT2D eigenvalue weighted by molar-refractivity contribution is 7.79. The van der Waals surface area contributed by atoms with Gasteiger partial charge in [-0.3, -0.25) is 23.5 Å². The summed E-state index contributed by atoms with van der Waals surface area (Å²) in [6.45, 7) is -0.941. The van der Waals surface area contributed by atoms with E-state index in [1.165, 1.54) is 10.9 Å². The number of anilines is 2. The zero-order valence-corrected chi connectivity index (χ0v) is 20.5. The lowest BCUT2D eigenvalue weighted by atomic mass is 10.2. The van der Waals surface area contributed by atoms with Crippen molar-refractivity contribution >= 4 is 38.1 Å². The molecule has 1 unspecified atom stereocenters. The molecule has 3 aromatic rings. The van der Waals surface area contributed by atoms with Gasteiger partial charge in [-0.1, -0.05) is 0 Å². The van der Waals surface area contributed by atoms with Gasteiger partial charge in [0.1, 0.15) is 31.0 Å². The van der Waals surface area contributed by atoms with Crippen molar-refractivity contribution in [2.24, 2.45) is 0 Å². The summed E-state index contributed by atoms with van der Waals surface area (Å²) in [5.41, 5.74) is 9.92.